The lowest BCUT2D eigenvalue weighted by Gasteiger charge is -1.94. The number of hydrogen-bond donors (Lipinski definition) is 1. The Bertz CT molecular complexity index is 515. The number of aromatic nitrogens is 1. The Labute approximate surface area is 96.2 Å². The number of aromatic hydroxyl groups is 1. The molecule has 1 aromatic rings. The Morgan fingerprint density at radius 3 is 2.94 bits per heavy atom. The third kappa shape index (κ3) is 3.46. The van der Waals surface area contributed by atoms with Gasteiger partial charge in [-0.2, -0.15) is 0 Å². The van der Waals surface area contributed by atoms with Crippen molar-refractivity contribution in [2.75, 3.05) is 6.61 Å². The van der Waals surface area contributed by atoms with E-state index in [9.17, 15) is 14.9 Å². The molecule has 1 N–H and O–H groups in total. The number of hydrogen-bond acceptors (Lipinski definition) is 6. The highest BCUT2D eigenvalue weighted by molar-refractivity contribution is 5.89. The van der Waals surface area contributed by atoms with E-state index in [0.29, 0.717) is 0 Å². The van der Waals surface area contributed by atoms with Crippen molar-refractivity contribution in [2.45, 2.75) is 6.92 Å². The molecule has 0 radical (unpaired) electrons. The number of esters is 1. The summed E-state index contributed by atoms with van der Waals surface area (Å²) >= 11 is 0. The zero-order valence-electron chi connectivity index (χ0n) is 8.84. The van der Waals surface area contributed by atoms with Crippen LogP contribution in [-0.2, 0) is 9.53 Å². The number of carbonyl (C=O) groups is 1. The van der Waals surface area contributed by atoms with Crippen LogP contribution in [0.25, 0.3) is 0 Å². The van der Waals surface area contributed by atoms with Gasteiger partial charge in [0.25, 0.3) is 0 Å². The first-order valence-electron chi connectivity index (χ1n) is 4.57. The first-order valence-corrected chi connectivity index (χ1v) is 4.57. The first kappa shape index (κ1) is 12.4. The molecule has 1 aromatic heterocycles. The molecule has 88 valence electrons. The van der Waals surface area contributed by atoms with Crippen molar-refractivity contribution in [1.29, 1.82) is 0 Å². The summed E-state index contributed by atoms with van der Waals surface area (Å²) in [4.78, 5) is 24.0. The summed E-state index contributed by atoms with van der Waals surface area (Å²) in [7, 11) is 0. The highest BCUT2D eigenvalue weighted by Gasteiger charge is 2.15. The Kier molecular flexibility index (Phi) is 4.00. The molecule has 1 heterocycles. The SMILES string of the molecule is CCOC(=O)C#Cc1ccc(O)c([N+](=O)[O-])n1. The van der Waals surface area contributed by atoms with Gasteiger partial charge in [0.05, 0.1) is 6.61 Å². The van der Waals surface area contributed by atoms with E-state index in [-0.39, 0.29) is 12.3 Å². The standard InChI is InChI=1S/C10H8N2O5/c1-2-17-9(14)6-4-7-3-5-8(13)10(11-7)12(15)16/h3,5,13H,2H2,1H3. The number of pyridine rings is 1. The van der Waals surface area contributed by atoms with E-state index in [1.807, 2.05) is 0 Å². The number of rotatable bonds is 2. The van der Waals surface area contributed by atoms with Crippen LogP contribution in [0.2, 0.25) is 0 Å². The van der Waals surface area contributed by atoms with E-state index < -0.39 is 22.5 Å². The lowest BCUT2D eigenvalue weighted by molar-refractivity contribution is -0.390. The van der Waals surface area contributed by atoms with Crippen LogP contribution in [0.15, 0.2) is 12.1 Å². The van der Waals surface area contributed by atoms with Gasteiger partial charge in [-0.1, -0.05) is 0 Å². The minimum absolute atomic E-state index is 0.00236. The van der Waals surface area contributed by atoms with E-state index in [1.54, 1.807) is 6.92 Å². The van der Waals surface area contributed by atoms with E-state index in [4.69, 9.17) is 5.11 Å². The van der Waals surface area contributed by atoms with Crippen LogP contribution in [0.1, 0.15) is 12.6 Å². The minimum Gasteiger partial charge on any atom is -0.501 e. The molecule has 0 aliphatic heterocycles. The molecule has 0 saturated carbocycles. The molecule has 0 aliphatic carbocycles. The molecule has 7 heteroatoms. The zero-order chi connectivity index (χ0) is 12.8. The summed E-state index contributed by atoms with van der Waals surface area (Å²) in [5.41, 5.74) is 0.00236. The zero-order valence-corrected chi connectivity index (χ0v) is 8.84. The molecule has 0 spiro atoms. The van der Waals surface area contributed by atoms with Gasteiger partial charge in [0.15, 0.2) is 0 Å². The molecular formula is C10H8N2O5. The maximum Gasteiger partial charge on any atom is 0.407 e. The molecule has 0 amide bonds. The van der Waals surface area contributed by atoms with Crippen LogP contribution < -0.4 is 0 Å². The summed E-state index contributed by atoms with van der Waals surface area (Å²) in [6, 6.07) is 2.34. The third-order valence-corrected chi connectivity index (χ3v) is 1.60. The maximum atomic E-state index is 10.9. The van der Waals surface area contributed by atoms with Crippen LogP contribution in [-0.4, -0.2) is 27.6 Å². The molecule has 0 saturated heterocycles. The van der Waals surface area contributed by atoms with Crippen LogP contribution >= 0.6 is 0 Å². The predicted octanol–water partition coefficient (Wildman–Crippen LogP) is 0.610. The van der Waals surface area contributed by atoms with Crippen LogP contribution in [0.4, 0.5) is 5.82 Å². The van der Waals surface area contributed by atoms with Gasteiger partial charge in [-0.25, -0.2) is 4.79 Å². The lowest BCUT2D eigenvalue weighted by atomic mass is 10.3. The van der Waals surface area contributed by atoms with Gasteiger partial charge >= 0.3 is 11.8 Å². The Hall–Kier alpha value is -2.62. The van der Waals surface area contributed by atoms with Gasteiger partial charge in [0, 0.05) is 12.0 Å². The fourth-order valence-electron chi connectivity index (χ4n) is 0.927. The lowest BCUT2D eigenvalue weighted by Crippen LogP contribution is -2.00. The van der Waals surface area contributed by atoms with Crippen LogP contribution in [0.3, 0.4) is 0 Å². The third-order valence-electron chi connectivity index (χ3n) is 1.60. The second kappa shape index (κ2) is 5.46. The molecule has 17 heavy (non-hydrogen) atoms. The monoisotopic (exact) mass is 236 g/mol. The molecule has 0 unspecified atom stereocenters. The van der Waals surface area contributed by atoms with Crippen molar-refractivity contribution in [3.05, 3.63) is 27.9 Å². The van der Waals surface area contributed by atoms with Gasteiger partial charge in [0.2, 0.25) is 11.4 Å². The molecule has 0 fully saturated rings. The number of carbonyl (C=O) groups excluding carboxylic acids is 1. The second-order valence-electron chi connectivity index (χ2n) is 2.77. The van der Waals surface area contributed by atoms with Crippen LogP contribution in [0.5, 0.6) is 5.75 Å². The fraction of sp³-hybridized carbons (Fsp3) is 0.200. The molecule has 0 aliphatic rings. The van der Waals surface area contributed by atoms with Crippen molar-refractivity contribution in [3.8, 4) is 17.6 Å². The largest absolute Gasteiger partial charge is 0.501 e. The molecule has 7 nitrogen and oxygen atoms in total. The highest BCUT2D eigenvalue weighted by Crippen LogP contribution is 2.21. The molecular weight excluding hydrogens is 228 g/mol. The number of nitrogens with zero attached hydrogens (tertiary/aromatic N) is 2. The van der Waals surface area contributed by atoms with E-state index >= 15 is 0 Å². The van der Waals surface area contributed by atoms with Gasteiger partial charge in [0.1, 0.15) is 0 Å². The van der Waals surface area contributed by atoms with Crippen LogP contribution in [0, 0.1) is 22.0 Å². The summed E-state index contributed by atoms with van der Waals surface area (Å²) in [6.45, 7) is 1.82. The molecule has 0 atom stereocenters. The van der Waals surface area contributed by atoms with E-state index in [0.717, 1.165) is 6.07 Å². The van der Waals surface area contributed by atoms with Gasteiger partial charge in [-0.05, 0) is 28.8 Å². The smallest absolute Gasteiger partial charge is 0.407 e. The van der Waals surface area contributed by atoms with Gasteiger partial charge < -0.3 is 20.0 Å². The molecule has 0 bridgehead atoms. The molecule has 0 aromatic carbocycles. The summed E-state index contributed by atoms with van der Waals surface area (Å²) in [5, 5.41) is 19.6. The highest BCUT2D eigenvalue weighted by atomic mass is 16.6. The Balaban J connectivity index is 2.97. The van der Waals surface area contributed by atoms with Crippen molar-refractivity contribution < 1.29 is 19.6 Å². The normalized spacial score (nSPS) is 9.00. The quantitative estimate of drug-likeness (QED) is 0.349. The minimum atomic E-state index is -0.842. The summed E-state index contributed by atoms with van der Waals surface area (Å²) in [6.07, 6.45) is 0. The number of nitro groups is 1. The maximum absolute atomic E-state index is 10.9. The number of ether oxygens (including phenoxy) is 1. The summed E-state index contributed by atoms with van der Waals surface area (Å²) in [5.74, 6) is 2.40. The fourth-order valence-corrected chi connectivity index (χ4v) is 0.927. The van der Waals surface area contributed by atoms with E-state index in [1.165, 1.54) is 6.07 Å². The second-order valence-corrected chi connectivity index (χ2v) is 2.77. The van der Waals surface area contributed by atoms with Crippen molar-refractivity contribution in [1.82, 2.24) is 4.98 Å². The topological polar surface area (TPSA) is 103 Å². The van der Waals surface area contributed by atoms with Gasteiger partial charge in [-0.3, -0.25) is 0 Å². The predicted molar refractivity (Wildman–Crippen MR) is 56.1 cm³/mol. The van der Waals surface area contributed by atoms with Gasteiger partial charge in [-0.15, -0.1) is 0 Å². The molecule has 1 rings (SSSR count). The summed E-state index contributed by atoms with van der Waals surface area (Å²) < 4.78 is 4.54. The average molecular weight is 236 g/mol. The van der Waals surface area contributed by atoms with Crippen molar-refractivity contribution >= 4 is 11.8 Å². The van der Waals surface area contributed by atoms with Crippen molar-refractivity contribution in [3.63, 3.8) is 0 Å². The Morgan fingerprint density at radius 1 is 1.65 bits per heavy atom. The van der Waals surface area contributed by atoms with Crippen molar-refractivity contribution in [2.24, 2.45) is 0 Å². The Morgan fingerprint density at radius 2 is 2.35 bits per heavy atom. The average Bonchev–Trinajstić information content (AvgIpc) is 2.28. The van der Waals surface area contributed by atoms with E-state index in [2.05, 4.69) is 21.6 Å². The first-order chi connectivity index (χ1) is 8.04.